The summed E-state index contributed by atoms with van der Waals surface area (Å²) in [4.78, 5) is 14.5. The van der Waals surface area contributed by atoms with E-state index in [4.69, 9.17) is 0 Å². The molecule has 0 aliphatic heterocycles. The van der Waals surface area contributed by atoms with Crippen LogP contribution in [0.15, 0.2) is 65.6 Å². The Morgan fingerprint density at radius 3 is 2.35 bits per heavy atom. The molecule has 0 atom stereocenters. The molecular formula is C24H19FN4S2. The van der Waals surface area contributed by atoms with Crippen LogP contribution in [0.25, 0.3) is 32.6 Å². The normalized spacial score (nSPS) is 11.4. The molecule has 31 heavy (non-hydrogen) atoms. The maximum atomic E-state index is 13.2. The summed E-state index contributed by atoms with van der Waals surface area (Å²) in [5.41, 5.74) is 5.23. The van der Waals surface area contributed by atoms with Crippen LogP contribution in [0.2, 0.25) is 0 Å². The zero-order valence-corrected chi connectivity index (χ0v) is 18.6. The number of halogens is 1. The van der Waals surface area contributed by atoms with Gasteiger partial charge < -0.3 is 5.32 Å². The van der Waals surface area contributed by atoms with Crippen LogP contribution in [0, 0.1) is 5.82 Å². The van der Waals surface area contributed by atoms with Crippen molar-refractivity contribution in [1.82, 2.24) is 15.0 Å². The number of rotatable bonds is 5. The van der Waals surface area contributed by atoms with Gasteiger partial charge in [-0.3, -0.25) is 0 Å². The second-order valence-corrected chi connectivity index (χ2v) is 9.21. The van der Waals surface area contributed by atoms with Gasteiger partial charge >= 0.3 is 0 Å². The molecule has 7 heteroatoms. The molecule has 1 N–H and O–H groups in total. The van der Waals surface area contributed by atoms with Crippen LogP contribution in [0.3, 0.4) is 0 Å². The maximum absolute atomic E-state index is 13.2. The summed E-state index contributed by atoms with van der Waals surface area (Å²) in [5.74, 6) is 0.968. The summed E-state index contributed by atoms with van der Waals surface area (Å²) in [6, 6.07) is 15.0. The van der Waals surface area contributed by atoms with E-state index < -0.39 is 0 Å². The Bertz CT molecular complexity index is 1340. The quantitative estimate of drug-likeness (QED) is 0.304. The average Bonchev–Trinajstić information content (AvgIpc) is 3.42. The summed E-state index contributed by atoms with van der Waals surface area (Å²) in [7, 11) is 0. The number of thiazole rings is 1. The standard InChI is InChI=1S/C24H19FN4S2/c1-14(2)15-3-5-16(6-4-15)19-11-30-23-21(19)22(26-13-27-23)29-24-28-20(12-31-24)17-7-9-18(25)10-8-17/h3-14H,1-2H3,(H,26,27,28,29). The first-order valence-corrected chi connectivity index (χ1v) is 11.7. The third kappa shape index (κ3) is 3.94. The van der Waals surface area contributed by atoms with Crippen LogP contribution in [0.5, 0.6) is 0 Å². The van der Waals surface area contributed by atoms with Crippen molar-refractivity contribution in [2.75, 3.05) is 5.32 Å². The minimum absolute atomic E-state index is 0.257. The van der Waals surface area contributed by atoms with E-state index in [0.717, 1.165) is 43.6 Å². The van der Waals surface area contributed by atoms with Crippen LogP contribution >= 0.6 is 22.7 Å². The Morgan fingerprint density at radius 2 is 1.61 bits per heavy atom. The first-order chi connectivity index (χ1) is 15.1. The van der Waals surface area contributed by atoms with Crippen molar-refractivity contribution in [1.29, 1.82) is 0 Å². The lowest BCUT2D eigenvalue weighted by atomic mass is 9.99. The van der Waals surface area contributed by atoms with Gasteiger partial charge in [0.05, 0.1) is 11.1 Å². The molecule has 5 aromatic rings. The molecule has 4 nitrogen and oxygen atoms in total. The van der Waals surface area contributed by atoms with Gasteiger partial charge in [-0.05, 0) is 41.3 Å². The summed E-state index contributed by atoms with van der Waals surface area (Å²) in [6.45, 7) is 4.39. The molecule has 5 rings (SSSR count). The van der Waals surface area contributed by atoms with E-state index in [1.807, 2.05) is 5.38 Å². The molecule has 3 heterocycles. The van der Waals surface area contributed by atoms with E-state index in [-0.39, 0.29) is 5.82 Å². The van der Waals surface area contributed by atoms with E-state index >= 15 is 0 Å². The number of fused-ring (bicyclic) bond motifs is 1. The lowest BCUT2D eigenvalue weighted by Crippen LogP contribution is -1.95. The second kappa shape index (κ2) is 8.17. The fourth-order valence-electron chi connectivity index (χ4n) is 3.42. The van der Waals surface area contributed by atoms with Gasteiger partial charge in [-0.15, -0.1) is 22.7 Å². The van der Waals surface area contributed by atoms with Crippen LogP contribution in [-0.4, -0.2) is 15.0 Å². The van der Waals surface area contributed by atoms with Gasteiger partial charge in [0.15, 0.2) is 5.13 Å². The number of benzene rings is 2. The fraction of sp³-hybridized carbons (Fsp3) is 0.125. The molecular weight excluding hydrogens is 427 g/mol. The number of thiophene rings is 1. The van der Waals surface area contributed by atoms with Crippen LogP contribution in [0.1, 0.15) is 25.3 Å². The molecule has 0 bridgehead atoms. The lowest BCUT2D eigenvalue weighted by Gasteiger charge is -2.08. The highest BCUT2D eigenvalue weighted by atomic mass is 32.1. The predicted octanol–water partition coefficient (Wildman–Crippen LogP) is 7.49. The maximum Gasteiger partial charge on any atom is 0.188 e. The Morgan fingerprint density at radius 1 is 0.871 bits per heavy atom. The molecule has 0 saturated heterocycles. The Hall–Kier alpha value is -3.16. The number of nitrogens with one attached hydrogen (secondary N) is 1. The number of nitrogens with zero attached hydrogens (tertiary/aromatic N) is 3. The Kier molecular flexibility index (Phi) is 5.21. The van der Waals surface area contributed by atoms with Crippen molar-refractivity contribution in [3.8, 4) is 22.4 Å². The summed E-state index contributed by atoms with van der Waals surface area (Å²) >= 11 is 3.09. The van der Waals surface area contributed by atoms with Crippen molar-refractivity contribution in [2.45, 2.75) is 19.8 Å². The van der Waals surface area contributed by atoms with Crippen molar-refractivity contribution in [3.63, 3.8) is 0 Å². The zero-order chi connectivity index (χ0) is 21.4. The van der Waals surface area contributed by atoms with Crippen molar-refractivity contribution >= 4 is 43.8 Å². The molecule has 2 aromatic carbocycles. The third-order valence-electron chi connectivity index (χ3n) is 5.13. The summed E-state index contributed by atoms with van der Waals surface area (Å²) < 4.78 is 13.2. The minimum atomic E-state index is -0.257. The van der Waals surface area contributed by atoms with Crippen LogP contribution in [-0.2, 0) is 0 Å². The molecule has 0 radical (unpaired) electrons. The molecule has 154 valence electrons. The molecule has 0 saturated carbocycles. The Balaban J connectivity index is 1.50. The van der Waals surface area contributed by atoms with Gasteiger partial charge in [0.1, 0.15) is 22.8 Å². The smallest absolute Gasteiger partial charge is 0.188 e. The molecule has 0 fully saturated rings. The molecule has 0 unspecified atom stereocenters. The number of hydrogen-bond acceptors (Lipinski definition) is 6. The fourth-order valence-corrected chi connectivity index (χ4v) is 5.05. The second-order valence-electron chi connectivity index (χ2n) is 7.50. The van der Waals surface area contributed by atoms with Gasteiger partial charge in [-0.1, -0.05) is 38.1 Å². The first-order valence-electron chi connectivity index (χ1n) is 9.89. The monoisotopic (exact) mass is 446 g/mol. The molecule has 0 amide bonds. The molecule has 0 aliphatic rings. The van der Waals surface area contributed by atoms with E-state index in [1.165, 1.54) is 29.0 Å². The summed E-state index contributed by atoms with van der Waals surface area (Å²) in [6.07, 6.45) is 1.57. The first kappa shape index (κ1) is 19.8. The number of hydrogen-bond donors (Lipinski definition) is 1. The van der Waals surface area contributed by atoms with Gasteiger partial charge in [0.25, 0.3) is 0 Å². The van der Waals surface area contributed by atoms with Gasteiger partial charge in [-0.25, -0.2) is 19.3 Å². The van der Waals surface area contributed by atoms with E-state index in [1.54, 1.807) is 29.8 Å². The molecule has 0 spiro atoms. The van der Waals surface area contributed by atoms with Crippen molar-refractivity contribution in [2.24, 2.45) is 0 Å². The molecule has 0 aliphatic carbocycles. The minimum Gasteiger partial charge on any atom is -0.316 e. The number of anilines is 2. The van der Waals surface area contributed by atoms with Crippen LogP contribution in [0.4, 0.5) is 15.3 Å². The van der Waals surface area contributed by atoms with E-state index in [0.29, 0.717) is 5.92 Å². The number of aromatic nitrogens is 3. The van der Waals surface area contributed by atoms with Gasteiger partial charge in [0, 0.05) is 21.9 Å². The van der Waals surface area contributed by atoms with Gasteiger partial charge in [0.2, 0.25) is 0 Å². The highest BCUT2D eigenvalue weighted by Gasteiger charge is 2.15. The van der Waals surface area contributed by atoms with Crippen molar-refractivity contribution < 1.29 is 4.39 Å². The highest BCUT2D eigenvalue weighted by Crippen LogP contribution is 2.38. The topological polar surface area (TPSA) is 50.7 Å². The van der Waals surface area contributed by atoms with E-state index in [2.05, 4.69) is 63.8 Å². The zero-order valence-electron chi connectivity index (χ0n) is 17.0. The summed E-state index contributed by atoms with van der Waals surface area (Å²) in [5, 5.41) is 9.16. The SMILES string of the molecule is CC(C)c1ccc(-c2csc3ncnc(Nc4nc(-c5ccc(F)cc5)cs4)c23)cc1. The Labute approximate surface area is 187 Å². The van der Waals surface area contributed by atoms with Crippen LogP contribution < -0.4 is 5.32 Å². The van der Waals surface area contributed by atoms with Gasteiger partial charge in [-0.2, -0.15) is 0 Å². The lowest BCUT2D eigenvalue weighted by molar-refractivity contribution is 0.628. The third-order valence-corrected chi connectivity index (χ3v) is 6.77. The van der Waals surface area contributed by atoms with E-state index in [9.17, 15) is 4.39 Å². The average molecular weight is 447 g/mol. The molecule has 3 aromatic heterocycles. The largest absolute Gasteiger partial charge is 0.316 e. The van der Waals surface area contributed by atoms with Crippen molar-refractivity contribution in [3.05, 3.63) is 77.0 Å². The highest BCUT2D eigenvalue weighted by molar-refractivity contribution is 7.17. The predicted molar refractivity (Wildman–Crippen MR) is 128 cm³/mol.